The van der Waals surface area contributed by atoms with Crippen molar-refractivity contribution < 1.29 is 9.47 Å². The lowest BCUT2D eigenvalue weighted by Crippen LogP contribution is -2.13. The van der Waals surface area contributed by atoms with Crippen LogP contribution < -0.4 is 9.47 Å². The number of ether oxygens (including phenoxy) is 2. The Bertz CT molecular complexity index is 1160. The summed E-state index contributed by atoms with van der Waals surface area (Å²) in [6.07, 6.45) is 1.75. The molecular weight excluding hydrogens is 396 g/mol. The number of nitrogens with zero attached hydrogens (tertiary/aromatic N) is 2. The maximum atomic E-state index is 9.03. The fourth-order valence-electron chi connectivity index (χ4n) is 3.49. The standard InChI is InChI=1S/C28H30N2O2/c1-19-12-23(28(3,4)5)13-20(2)25(19)18-32-26-11-10-22(15-27(26)31-6)17-30-24-9-7-8-21(14-24)16-29/h7-15,17H,18H2,1-6H3. The predicted molar refractivity (Wildman–Crippen MR) is 130 cm³/mol. The van der Waals surface area contributed by atoms with Gasteiger partial charge in [0.05, 0.1) is 24.4 Å². The van der Waals surface area contributed by atoms with E-state index in [1.54, 1.807) is 25.5 Å². The average Bonchev–Trinajstić information content (AvgIpc) is 2.76. The van der Waals surface area contributed by atoms with Crippen LogP contribution in [-0.2, 0) is 12.0 Å². The lowest BCUT2D eigenvalue weighted by Gasteiger charge is -2.22. The van der Waals surface area contributed by atoms with Crippen LogP contribution in [0.4, 0.5) is 5.69 Å². The number of rotatable bonds is 6. The van der Waals surface area contributed by atoms with E-state index in [4.69, 9.17) is 14.7 Å². The number of aliphatic imine (C=N–C) groups is 1. The third kappa shape index (κ3) is 5.56. The van der Waals surface area contributed by atoms with E-state index < -0.39 is 0 Å². The molecular formula is C28H30N2O2. The van der Waals surface area contributed by atoms with Crippen LogP contribution in [-0.4, -0.2) is 13.3 Å². The molecule has 0 radical (unpaired) electrons. The van der Waals surface area contributed by atoms with E-state index in [1.807, 2.05) is 30.3 Å². The number of methoxy groups -OCH3 is 1. The molecule has 32 heavy (non-hydrogen) atoms. The van der Waals surface area contributed by atoms with Crippen LogP contribution in [0.2, 0.25) is 0 Å². The second-order valence-corrected chi connectivity index (χ2v) is 8.96. The highest BCUT2D eigenvalue weighted by Gasteiger charge is 2.17. The van der Waals surface area contributed by atoms with Gasteiger partial charge in [-0.15, -0.1) is 0 Å². The highest BCUT2D eigenvalue weighted by atomic mass is 16.5. The molecule has 3 rings (SSSR count). The minimum atomic E-state index is 0.117. The monoisotopic (exact) mass is 426 g/mol. The minimum Gasteiger partial charge on any atom is -0.493 e. The molecule has 0 saturated heterocycles. The van der Waals surface area contributed by atoms with E-state index in [-0.39, 0.29) is 5.41 Å². The Morgan fingerprint density at radius 2 is 1.69 bits per heavy atom. The van der Waals surface area contributed by atoms with Crippen molar-refractivity contribution in [3.8, 4) is 17.6 Å². The van der Waals surface area contributed by atoms with Gasteiger partial charge >= 0.3 is 0 Å². The molecule has 0 saturated carbocycles. The van der Waals surface area contributed by atoms with Crippen LogP contribution in [0.1, 0.15) is 54.2 Å². The van der Waals surface area contributed by atoms with Crippen LogP contribution >= 0.6 is 0 Å². The van der Waals surface area contributed by atoms with Crippen molar-refractivity contribution in [1.29, 1.82) is 5.26 Å². The summed E-state index contributed by atoms with van der Waals surface area (Å²) in [4.78, 5) is 4.46. The molecule has 3 aromatic rings. The first kappa shape index (κ1) is 23.1. The van der Waals surface area contributed by atoms with Crippen molar-refractivity contribution >= 4 is 11.9 Å². The Morgan fingerprint density at radius 1 is 0.969 bits per heavy atom. The predicted octanol–water partition coefficient (Wildman–Crippen LogP) is 6.81. The second kappa shape index (κ2) is 9.70. The lowest BCUT2D eigenvalue weighted by atomic mass is 9.84. The van der Waals surface area contributed by atoms with Crippen molar-refractivity contribution in [2.75, 3.05) is 7.11 Å². The molecule has 0 aliphatic carbocycles. The zero-order chi connectivity index (χ0) is 23.3. The molecule has 0 aliphatic rings. The van der Waals surface area contributed by atoms with Gasteiger partial charge < -0.3 is 9.47 Å². The van der Waals surface area contributed by atoms with Gasteiger partial charge in [-0.1, -0.05) is 39.0 Å². The Labute approximate surface area is 191 Å². The molecule has 164 valence electrons. The van der Waals surface area contributed by atoms with Gasteiger partial charge in [-0.3, -0.25) is 4.99 Å². The third-order valence-electron chi connectivity index (χ3n) is 5.46. The summed E-state index contributed by atoms with van der Waals surface area (Å²) in [7, 11) is 1.63. The summed E-state index contributed by atoms with van der Waals surface area (Å²) in [6.45, 7) is 11.4. The molecule has 0 aromatic heterocycles. The number of benzene rings is 3. The smallest absolute Gasteiger partial charge is 0.161 e. The first-order valence-corrected chi connectivity index (χ1v) is 10.7. The van der Waals surface area contributed by atoms with Crippen molar-refractivity contribution in [1.82, 2.24) is 0 Å². The van der Waals surface area contributed by atoms with E-state index in [0.717, 1.165) is 11.3 Å². The number of aryl methyl sites for hydroxylation is 2. The van der Waals surface area contributed by atoms with Crippen LogP contribution in [0.15, 0.2) is 59.6 Å². The Balaban J connectivity index is 1.77. The average molecular weight is 427 g/mol. The summed E-state index contributed by atoms with van der Waals surface area (Å²) >= 11 is 0. The molecule has 0 atom stereocenters. The highest BCUT2D eigenvalue weighted by Crippen LogP contribution is 2.31. The fraction of sp³-hybridized carbons (Fsp3) is 0.286. The van der Waals surface area contributed by atoms with Gasteiger partial charge in [-0.2, -0.15) is 5.26 Å². The molecule has 0 N–H and O–H groups in total. The van der Waals surface area contributed by atoms with Gasteiger partial charge in [0.25, 0.3) is 0 Å². The number of nitriles is 1. The van der Waals surface area contributed by atoms with Crippen molar-refractivity contribution in [3.63, 3.8) is 0 Å². The SMILES string of the molecule is COc1cc(C=Nc2cccc(C#N)c2)ccc1OCc1c(C)cc(C(C)(C)C)cc1C. The van der Waals surface area contributed by atoms with Crippen LogP contribution in [0.5, 0.6) is 11.5 Å². The first-order valence-electron chi connectivity index (χ1n) is 10.7. The molecule has 0 heterocycles. The Hall–Kier alpha value is -3.58. The summed E-state index contributed by atoms with van der Waals surface area (Å²) in [5, 5.41) is 9.03. The van der Waals surface area contributed by atoms with E-state index in [2.05, 4.69) is 57.8 Å². The fourth-order valence-corrected chi connectivity index (χ4v) is 3.49. The molecule has 0 unspecified atom stereocenters. The van der Waals surface area contributed by atoms with Gasteiger partial charge in [-0.05, 0) is 83.5 Å². The molecule has 0 spiro atoms. The molecule has 3 aromatic carbocycles. The normalized spacial score (nSPS) is 11.4. The maximum absolute atomic E-state index is 9.03. The first-order chi connectivity index (χ1) is 15.2. The molecule has 0 bridgehead atoms. The summed E-state index contributed by atoms with van der Waals surface area (Å²) in [5.41, 5.74) is 7.31. The van der Waals surface area contributed by atoms with Crippen LogP contribution in [0, 0.1) is 25.2 Å². The van der Waals surface area contributed by atoms with E-state index in [9.17, 15) is 0 Å². The summed E-state index contributed by atoms with van der Waals surface area (Å²) < 4.78 is 11.7. The molecule has 4 heteroatoms. The molecule has 0 aliphatic heterocycles. The highest BCUT2D eigenvalue weighted by molar-refractivity contribution is 5.83. The number of hydrogen-bond donors (Lipinski definition) is 0. The quantitative estimate of drug-likeness (QED) is 0.407. The lowest BCUT2D eigenvalue weighted by molar-refractivity contribution is 0.283. The Morgan fingerprint density at radius 3 is 2.31 bits per heavy atom. The van der Waals surface area contributed by atoms with Crippen molar-refractivity contribution in [3.05, 3.63) is 88.0 Å². The van der Waals surface area contributed by atoms with Gasteiger partial charge in [0, 0.05) is 6.21 Å². The largest absolute Gasteiger partial charge is 0.493 e. The van der Waals surface area contributed by atoms with Gasteiger partial charge in [0.15, 0.2) is 11.5 Å². The summed E-state index contributed by atoms with van der Waals surface area (Å²) in [6, 6.07) is 19.6. The topological polar surface area (TPSA) is 54.6 Å². The van der Waals surface area contributed by atoms with Crippen molar-refractivity contribution in [2.45, 2.75) is 46.6 Å². The van der Waals surface area contributed by atoms with Gasteiger partial charge in [0.2, 0.25) is 0 Å². The van der Waals surface area contributed by atoms with E-state index >= 15 is 0 Å². The Kier molecular flexibility index (Phi) is 7.00. The van der Waals surface area contributed by atoms with E-state index in [1.165, 1.54) is 22.3 Å². The number of hydrogen-bond acceptors (Lipinski definition) is 4. The zero-order valence-corrected chi connectivity index (χ0v) is 19.7. The molecule has 0 amide bonds. The van der Waals surface area contributed by atoms with Crippen molar-refractivity contribution in [2.24, 2.45) is 4.99 Å². The van der Waals surface area contributed by atoms with E-state index in [0.29, 0.717) is 23.7 Å². The molecule has 4 nitrogen and oxygen atoms in total. The minimum absolute atomic E-state index is 0.117. The van der Waals surface area contributed by atoms with Crippen LogP contribution in [0.25, 0.3) is 0 Å². The third-order valence-corrected chi connectivity index (χ3v) is 5.46. The van der Waals surface area contributed by atoms with Gasteiger partial charge in [-0.25, -0.2) is 0 Å². The molecule has 0 fully saturated rings. The second-order valence-electron chi connectivity index (χ2n) is 8.96. The van der Waals surface area contributed by atoms with Crippen LogP contribution in [0.3, 0.4) is 0 Å². The zero-order valence-electron chi connectivity index (χ0n) is 19.7. The summed E-state index contributed by atoms with van der Waals surface area (Å²) in [5.74, 6) is 1.34. The van der Waals surface area contributed by atoms with Gasteiger partial charge in [0.1, 0.15) is 6.61 Å². The maximum Gasteiger partial charge on any atom is 0.161 e.